The number of aromatic nitrogens is 2. The summed E-state index contributed by atoms with van der Waals surface area (Å²) in [5.74, 6) is -0.680. The maximum absolute atomic E-state index is 11.9. The molecule has 0 amide bonds. The van der Waals surface area contributed by atoms with Gasteiger partial charge in [-0.1, -0.05) is 0 Å². The Hall–Kier alpha value is -1.32. The fourth-order valence-corrected chi connectivity index (χ4v) is 0.383. The summed E-state index contributed by atoms with van der Waals surface area (Å²) in [4.78, 5) is 16.5. The number of rotatable bonds is 1. The highest BCUT2D eigenvalue weighted by Crippen LogP contribution is 1.88. The van der Waals surface area contributed by atoms with Crippen molar-refractivity contribution in [1.29, 1.82) is 0 Å². The van der Waals surface area contributed by atoms with Crippen LogP contribution >= 0.6 is 0 Å². The van der Waals surface area contributed by atoms with E-state index in [1.54, 1.807) is 0 Å². The highest BCUT2D eigenvalue weighted by atomic mass is 19.1. The average Bonchev–Trinajstić information content (AvgIpc) is 1.90. The van der Waals surface area contributed by atoms with Crippen molar-refractivity contribution in [3.05, 3.63) is 24.0 Å². The SMILES string of the molecule is O=Cc1cnc(F)cn1. The Bertz CT molecular complexity index is 209. The number of hydrogen-bond acceptors (Lipinski definition) is 3. The normalized spacial score (nSPS) is 9.00. The minimum absolute atomic E-state index is 0.136. The Kier molecular flexibility index (Phi) is 1.48. The van der Waals surface area contributed by atoms with Gasteiger partial charge in [0.25, 0.3) is 0 Å². The highest BCUT2D eigenvalue weighted by Gasteiger charge is 1.91. The summed E-state index contributed by atoms with van der Waals surface area (Å²) >= 11 is 0. The standard InChI is InChI=1S/C5H3FN2O/c6-5-2-7-4(3-9)1-8-5/h1-3H. The van der Waals surface area contributed by atoms with Gasteiger partial charge < -0.3 is 0 Å². The topological polar surface area (TPSA) is 42.9 Å². The largest absolute Gasteiger partial charge is 0.296 e. The summed E-state index contributed by atoms with van der Waals surface area (Å²) in [6.45, 7) is 0. The van der Waals surface area contributed by atoms with Gasteiger partial charge in [0, 0.05) is 0 Å². The Labute approximate surface area is 50.6 Å². The second kappa shape index (κ2) is 2.30. The number of aldehydes is 1. The third-order valence-electron chi connectivity index (χ3n) is 0.761. The van der Waals surface area contributed by atoms with Crippen molar-refractivity contribution in [2.75, 3.05) is 0 Å². The molecule has 0 radical (unpaired) electrons. The number of nitrogens with zero attached hydrogens (tertiary/aromatic N) is 2. The van der Waals surface area contributed by atoms with E-state index >= 15 is 0 Å². The van der Waals surface area contributed by atoms with E-state index in [1.165, 1.54) is 0 Å². The first kappa shape index (κ1) is 5.81. The van der Waals surface area contributed by atoms with Crippen molar-refractivity contribution >= 4 is 6.29 Å². The summed E-state index contributed by atoms with van der Waals surface area (Å²) in [5.41, 5.74) is 0.136. The number of hydrogen-bond donors (Lipinski definition) is 0. The lowest BCUT2D eigenvalue weighted by Gasteiger charge is -1.84. The number of halogens is 1. The van der Waals surface area contributed by atoms with Crippen LogP contribution in [-0.4, -0.2) is 16.3 Å². The molecule has 1 aromatic rings. The molecule has 0 aliphatic carbocycles. The fraction of sp³-hybridized carbons (Fsp3) is 0. The molecule has 0 aliphatic heterocycles. The number of carbonyl (C=O) groups excluding carboxylic acids is 1. The zero-order chi connectivity index (χ0) is 6.69. The lowest BCUT2D eigenvalue weighted by Crippen LogP contribution is -1.89. The van der Waals surface area contributed by atoms with Gasteiger partial charge in [-0.3, -0.25) is 4.79 Å². The van der Waals surface area contributed by atoms with Gasteiger partial charge in [0.1, 0.15) is 5.69 Å². The van der Waals surface area contributed by atoms with Gasteiger partial charge in [0.2, 0.25) is 5.95 Å². The Morgan fingerprint density at radius 1 is 1.44 bits per heavy atom. The van der Waals surface area contributed by atoms with Crippen molar-refractivity contribution in [2.24, 2.45) is 0 Å². The summed E-state index contributed by atoms with van der Waals surface area (Å²) in [7, 11) is 0. The minimum atomic E-state index is -0.680. The summed E-state index contributed by atoms with van der Waals surface area (Å²) in [6, 6.07) is 0. The van der Waals surface area contributed by atoms with Crippen molar-refractivity contribution in [3.63, 3.8) is 0 Å². The molecule has 0 unspecified atom stereocenters. The van der Waals surface area contributed by atoms with Gasteiger partial charge in [0.05, 0.1) is 12.4 Å². The molecule has 3 nitrogen and oxygen atoms in total. The molecular formula is C5H3FN2O. The Morgan fingerprint density at radius 2 is 2.22 bits per heavy atom. The molecule has 0 atom stereocenters. The summed E-state index contributed by atoms with van der Waals surface area (Å²) < 4.78 is 11.9. The first-order chi connectivity index (χ1) is 4.33. The quantitative estimate of drug-likeness (QED) is 0.512. The molecule has 0 N–H and O–H groups in total. The van der Waals surface area contributed by atoms with Gasteiger partial charge in [-0.05, 0) is 0 Å². The maximum Gasteiger partial charge on any atom is 0.231 e. The van der Waals surface area contributed by atoms with Crippen molar-refractivity contribution < 1.29 is 9.18 Å². The zero-order valence-electron chi connectivity index (χ0n) is 4.41. The van der Waals surface area contributed by atoms with Crippen LogP contribution in [-0.2, 0) is 0 Å². The van der Waals surface area contributed by atoms with Crippen LogP contribution in [0.5, 0.6) is 0 Å². The van der Waals surface area contributed by atoms with E-state index in [1.807, 2.05) is 0 Å². The van der Waals surface area contributed by atoms with E-state index in [4.69, 9.17) is 0 Å². The lowest BCUT2D eigenvalue weighted by atomic mass is 10.5. The molecular weight excluding hydrogens is 123 g/mol. The molecule has 0 saturated heterocycles. The summed E-state index contributed by atoms with van der Waals surface area (Å²) in [5, 5.41) is 0. The van der Waals surface area contributed by atoms with Crippen LogP contribution in [0.15, 0.2) is 12.4 Å². The van der Waals surface area contributed by atoms with Crippen LogP contribution in [0.1, 0.15) is 10.5 Å². The van der Waals surface area contributed by atoms with Gasteiger partial charge in [-0.2, -0.15) is 4.39 Å². The predicted octanol–water partition coefficient (Wildman–Crippen LogP) is 0.428. The number of carbonyl (C=O) groups is 1. The molecule has 4 heteroatoms. The molecule has 0 aromatic carbocycles. The van der Waals surface area contributed by atoms with Gasteiger partial charge >= 0.3 is 0 Å². The second-order valence-electron chi connectivity index (χ2n) is 1.38. The van der Waals surface area contributed by atoms with Crippen molar-refractivity contribution in [2.45, 2.75) is 0 Å². The average molecular weight is 126 g/mol. The van der Waals surface area contributed by atoms with Crippen LogP contribution in [0, 0.1) is 5.95 Å². The van der Waals surface area contributed by atoms with Crippen molar-refractivity contribution in [1.82, 2.24) is 9.97 Å². The van der Waals surface area contributed by atoms with E-state index in [-0.39, 0.29) is 5.69 Å². The van der Waals surface area contributed by atoms with Crippen LogP contribution in [0.4, 0.5) is 4.39 Å². The molecule has 0 saturated carbocycles. The molecule has 1 rings (SSSR count). The zero-order valence-corrected chi connectivity index (χ0v) is 4.41. The van der Waals surface area contributed by atoms with E-state index in [9.17, 15) is 9.18 Å². The highest BCUT2D eigenvalue weighted by molar-refractivity contribution is 5.70. The van der Waals surface area contributed by atoms with E-state index in [0.29, 0.717) is 6.29 Å². The van der Waals surface area contributed by atoms with Gasteiger partial charge in [-0.15, -0.1) is 0 Å². The Balaban J connectivity index is 3.01. The monoisotopic (exact) mass is 126 g/mol. The maximum atomic E-state index is 11.9. The minimum Gasteiger partial charge on any atom is -0.296 e. The van der Waals surface area contributed by atoms with E-state index in [0.717, 1.165) is 12.4 Å². The first-order valence-electron chi connectivity index (χ1n) is 2.25. The fourth-order valence-electron chi connectivity index (χ4n) is 0.383. The molecule has 0 spiro atoms. The predicted molar refractivity (Wildman–Crippen MR) is 27.4 cm³/mol. The summed E-state index contributed by atoms with van der Waals surface area (Å²) in [6.07, 6.45) is 2.47. The van der Waals surface area contributed by atoms with E-state index in [2.05, 4.69) is 9.97 Å². The molecule has 1 aromatic heterocycles. The van der Waals surface area contributed by atoms with Crippen LogP contribution in [0.3, 0.4) is 0 Å². The Morgan fingerprint density at radius 3 is 2.67 bits per heavy atom. The molecule has 0 fully saturated rings. The van der Waals surface area contributed by atoms with Gasteiger partial charge in [0.15, 0.2) is 6.29 Å². The smallest absolute Gasteiger partial charge is 0.231 e. The lowest BCUT2D eigenvalue weighted by molar-refractivity contribution is 0.111. The van der Waals surface area contributed by atoms with E-state index < -0.39 is 5.95 Å². The third-order valence-corrected chi connectivity index (χ3v) is 0.761. The molecule has 0 aliphatic rings. The van der Waals surface area contributed by atoms with Gasteiger partial charge in [-0.25, -0.2) is 9.97 Å². The van der Waals surface area contributed by atoms with Crippen LogP contribution in [0.2, 0.25) is 0 Å². The first-order valence-corrected chi connectivity index (χ1v) is 2.25. The third kappa shape index (κ3) is 1.28. The molecule has 0 bridgehead atoms. The molecule has 1 heterocycles. The molecule has 46 valence electrons. The van der Waals surface area contributed by atoms with Crippen molar-refractivity contribution in [3.8, 4) is 0 Å². The van der Waals surface area contributed by atoms with Crippen LogP contribution in [0.25, 0.3) is 0 Å². The molecule has 9 heavy (non-hydrogen) atoms. The van der Waals surface area contributed by atoms with Crippen LogP contribution < -0.4 is 0 Å². The second-order valence-corrected chi connectivity index (χ2v) is 1.38.